The summed E-state index contributed by atoms with van der Waals surface area (Å²) >= 11 is 0. The summed E-state index contributed by atoms with van der Waals surface area (Å²) in [6.45, 7) is 21.9. The number of aliphatic hydroxyl groups is 2. The second-order valence-corrected chi connectivity index (χ2v) is 24.9. The zero-order valence-corrected chi connectivity index (χ0v) is 33.5. The Morgan fingerprint density at radius 3 is 2.31 bits per heavy atom. The molecule has 1 aromatic carbocycles. The van der Waals surface area contributed by atoms with Crippen molar-refractivity contribution in [1.82, 2.24) is 13.9 Å². The number of epoxide rings is 1. The summed E-state index contributed by atoms with van der Waals surface area (Å²) in [5.41, 5.74) is -3.52. The van der Waals surface area contributed by atoms with Crippen LogP contribution in [0, 0.1) is 34.5 Å². The summed E-state index contributed by atoms with van der Waals surface area (Å²) < 4.78 is 18.9. The molecule has 7 aliphatic rings. The van der Waals surface area contributed by atoms with Gasteiger partial charge >= 0.3 is 11.4 Å². The molecular formula is C41H61N3O6Si. The molecule has 2 spiro atoms. The van der Waals surface area contributed by atoms with Crippen LogP contribution in [-0.4, -0.2) is 62.5 Å². The molecule has 280 valence electrons. The Morgan fingerprint density at radius 2 is 1.67 bits per heavy atom. The van der Waals surface area contributed by atoms with Crippen molar-refractivity contribution in [1.29, 1.82) is 0 Å². The van der Waals surface area contributed by atoms with Crippen LogP contribution in [0.15, 0.2) is 52.1 Å². The monoisotopic (exact) mass is 719 g/mol. The number of nitrogens with zero attached hydrogens (tertiary/aromatic N) is 3. The average Bonchev–Trinajstić information content (AvgIpc) is 3.70. The Labute approximate surface area is 304 Å². The fraction of sp³-hybridized carbons (Fsp3) is 0.756. The molecule has 4 fully saturated rings. The van der Waals surface area contributed by atoms with Crippen molar-refractivity contribution >= 4 is 8.32 Å². The van der Waals surface area contributed by atoms with Crippen molar-refractivity contribution in [3.8, 4) is 5.69 Å². The van der Waals surface area contributed by atoms with Crippen LogP contribution < -0.4 is 11.4 Å². The van der Waals surface area contributed by atoms with Crippen LogP contribution in [0.25, 0.3) is 5.69 Å². The Bertz CT molecular complexity index is 1870. The predicted octanol–water partition coefficient (Wildman–Crippen LogP) is 6.33. The van der Waals surface area contributed by atoms with Crippen molar-refractivity contribution in [3.05, 3.63) is 63.5 Å². The maximum atomic E-state index is 15.1. The molecule has 9 rings (SSSR count). The number of rotatable bonds is 8. The summed E-state index contributed by atoms with van der Waals surface area (Å²) in [5, 5.41) is 23.2. The summed E-state index contributed by atoms with van der Waals surface area (Å²) in [7, 11) is -2.23. The van der Waals surface area contributed by atoms with E-state index in [-0.39, 0.29) is 52.0 Å². The Morgan fingerprint density at radius 1 is 1.00 bits per heavy atom. The van der Waals surface area contributed by atoms with E-state index in [0.29, 0.717) is 30.4 Å². The maximum Gasteiger partial charge on any atom is 0.352 e. The Balaban J connectivity index is 1.31. The topological polar surface area (TPSA) is 111 Å². The number of para-hydroxylation sites is 1. The van der Waals surface area contributed by atoms with Crippen molar-refractivity contribution < 1.29 is 19.4 Å². The van der Waals surface area contributed by atoms with E-state index in [4.69, 9.17) is 9.16 Å². The highest BCUT2D eigenvalue weighted by atomic mass is 28.4. The van der Waals surface area contributed by atoms with Crippen molar-refractivity contribution in [3.63, 3.8) is 0 Å². The van der Waals surface area contributed by atoms with Gasteiger partial charge in [-0.05, 0) is 93.0 Å². The Hall–Kier alpha value is -2.24. The van der Waals surface area contributed by atoms with Gasteiger partial charge in [0.05, 0.1) is 40.7 Å². The van der Waals surface area contributed by atoms with Gasteiger partial charge in [-0.1, -0.05) is 84.7 Å². The lowest BCUT2D eigenvalue weighted by molar-refractivity contribution is -0.232. The van der Waals surface area contributed by atoms with E-state index < -0.39 is 36.5 Å². The zero-order valence-electron chi connectivity index (χ0n) is 32.5. The van der Waals surface area contributed by atoms with Gasteiger partial charge in [0.1, 0.15) is 6.10 Å². The highest BCUT2D eigenvalue weighted by Crippen LogP contribution is 2.76. The van der Waals surface area contributed by atoms with E-state index >= 15 is 9.59 Å². The lowest BCUT2D eigenvalue weighted by Gasteiger charge is -2.71. The quantitative estimate of drug-likeness (QED) is 0.188. The third-order valence-corrected chi connectivity index (χ3v) is 20.3. The Kier molecular flexibility index (Phi) is 7.66. The predicted molar refractivity (Wildman–Crippen MR) is 201 cm³/mol. The van der Waals surface area contributed by atoms with Crippen molar-refractivity contribution in [2.75, 3.05) is 0 Å². The number of fused-ring (bicyclic) bond motifs is 2. The molecule has 4 aliphatic carbocycles. The van der Waals surface area contributed by atoms with Gasteiger partial charge in [-0.25, -0.2) is 23.5 Å². The van der Waals surface area contributed by atoms with Crippen LogP contribution >= 0.6 is 0 Å². The van der Waals surface area contributed by atoms with Crippen LogP contribution in [0.2, 0.25) is 18.1 Å². The lowest BCUT2D eigenvalue weighted by atomic mass is 9.39. The van der Waals surface area contributed by atoms with Gasteiger partial charge < -0.3 is 19.4 Å². The summed E-state index contributed by atoms with van der Waals surface area (Å²) in [6, 6.07) is 9.31. The molecule has 12 atom stereocenters. The molecule has 3 aliphatic heterocycles. The highest BCUT2D eigenvalue weighted by molar-refractivity contribution is 6.74. The van der Waals surface area contributed by atoms with E-state index in [2.05, 4.69) is 66.8 Å². The first kappa shape index (κ1) is 35.8. The number of ether oxygens (including phenoxy) is 1. The second kappa shape index (κ2) is 10.9. The fourth-order valence-electron chi connectivity index (χ4n) is 12.6. The lowest BCUT2D eigenvalue weighted by Crippen LogP contribution is -2.80. The summed E-state index contributed by atoms with van der Waals surface area (Å²) in [4.78, 5) is 30.2. The van der Waals surface area contributed by atoms with E-state index in [1.807, 2.05) is 53.5 Å². The molecule has 9 nitrogen and oxygen atoms in total. The van der Waals surface area contributed by atoms with Crippen LogP contribution in [0.4, 0.5) is 0 Å². The minimum absolute atomic E-state index is 0.00995. The SMILES string of the molecule is C[C@H](CCCC(C)(C)O)[C@H]1CC[C@@H]2[C@]1(C)C[C@@H](O)[C@H]1[C@]23C=C[C@]2(C[C@@H](O[Si](C)(C)C(C)(C)C)[C@@H]4O[C@@H]4[C@]12C)n1c(=O)n(-c2ccccc2)c(=O)n13. The summed E-state index contributed by atoms with van der Waals surface area (Å²) in [6.07, 6.45) is 9.07. The number of aromatic nitrogens is 3. The summed E-state index contributed by atoms with van der Waals surface area (Å²) in [5.74, 6) is 0.458. The highest BCUT2D eigenvalue weighted by Gasteiger charge is 2.83. The van der Waals surface area contributed by atoms with E-state index in [0.717, 1.165) is 32.1 Å². The molecule has 0 radical (unpaired) electrons. The molecule has 1 saturated heterocycles. The number of allylic oxidation sites excluding steroid dienone is 2. The minimum Gasteiger partial charge on any atom is -0.411 e. The third kappa shape index (κ3) is 4.58. The zero-order chi connectivity index (χ0) is 36.9. The maximum absolute atomic E-state index is 15.1. The molecule has 51 heavy (non-hydrogen) atoms. The first-order chi connectivity index (χ1) is 23.7. The molecule has 10 heteroatoms. The van der Waals surface area contributed by atoms with E-state index in [1.54, 1.807) is 0 Å². The normalized spacial score (nSPS) is 41.4. The fourth-order valence-corrected chi connectivity index (χ4v) is 13.9. The standard InChI is InChI=1S/C41H61N3O6Si/c1-25(15-14-20-37(5,6)48)27-18-19-30-38(27,7)23-28(45)32-39(8)33-31(49-33)29(50-51(9,10)36(2,3)4)24-40(39)21-22-41(30,32)44-35(47)42(34(46)43(40)44)26-16-12-11-13-17-26/h11-13,16-17,21-22,25,27-33,45,48H,14-15,18-20,23-24H2,1-10H3/t25-,27-,28-,29-,30-,31+,32-,33+,38-,39+,40-,41+/m1/s1. The number of hydrogen-bond acceptors (Lipinski definition) is 6. The van der Waals surface area contributed by atoms with Gasteiger partial charge in [0.15, 0.2) is 8.32 Å². The molecule has 3 saturated carbocycles. The molecule has 2 bridgehead atoms. The molecule has 2 aromatic rings. The molecule has 4 heterocycles. The van der Waals surface area contributed by atoms with Crippen molar-refractivity contribution in [2.24, 2.45) is 34.5 Å². The van der Waals surface area contributed by atoms with Gasteiger partial charge in [-0.2, -0.15) is 0 Å². The molecule has 0 unspecified atom stereocenters. The second-order valence-electron chi connectivity index (χ2n) is 20.1. The smallest absolute Gasteiger partial charge is 0.352 e. The first-order valence-electron chi connectivity index (χ1n) is 19.6. The van der Waals surface area contributed by atoms with Gasteiger partial charge in [0.25, 0.3) is 0 Å². The minimum atomic E-state index is -2.23. The number of hydrogen-bond donors (Lipinski definition) is 2. The van der Waals surface area contributed by atoms with Crippen LogP contribution in [0.3, 0.4) is 0 Å². The first-order valence-corrected chi connectivity index (χ1v) is 22.5. The molecule has 2 N–H and O–H groups in total. The van der Waals surface area contributed by atoms with Gasteiger partial charge in [0.2, 0.25) is 0 Å². The number of benzene rings is 1. The number of aliphatic hydroxyl groups excluding tert-OH is 1. The van der Waals surface area contributed by atoms with Crippen LogP contribution in [0.1, 0.15) is 100 Å². The molecule has 0 amide bonds. The third-order valence-electron chi connectivity index (χ3n) is 15.8. The van der Waals surface area contributed by atoms with Crippen LogP contribution in [-0.2, 0) is 20.2 Å². The van der Waals surface area contributed by atoms with Gasteiger partial charge in [-0.3, -0.25) is 0 Å². The largest absolute Gasteiger partial charge is 0.411 e. The average molecular weight is 720 g/mol. The molecular weight excluding hydrogens is 659 g/mol. The van der Waals surface area contributed by atoms with E-state index in [9.17, 15) is 10.2 Å². The van der Waals surface area contributed by atoms with Gasteiger partial charge in [-0.15, -0.1) is 0 Å². The molecule has 1 aromatic heterocycles. The van der Waals surface area contributed by atoms with Crippen molar-refractivity contribution in [2.45, 2.75) is 160 Å². The van der Waals surface area contributed by atoms with E-state index in [1.165, 1.54) is 4.57 Å². The van der Waals surface area contributed by atoms with Gasteiger partial charge in [0, 0.05) is 17.8 Å². The van der Waals surface area contributed by atoms with Crippen LogP contribution in [0.5, 0.6) is 0 Å².